The van der Waals surface area contributed by atoms with Crippen LogP contribution in [0.4, 0.5) is 0 Å². The third-order valence-corrected chi connectivity index (χ3v) is 5.76. The van der Waals surface area contributed by atoms with Gasteiger partial charge in [-0.25, -0.2) is 0 Å². The summed E-state index contributed by atoms with van der Waals surface area (Å²) >= 11 is 0. The molecule has 2 fully saturated rings. The van der Waals surface area contributed by atoms with Crippen molar-refractivity contribution in [1.82, 2.24) is 15.1 Å². The molecule has 1 amide bonds. The summed E-state index contributed by atoms with van der Waals surface area (Å²) in [6.07, 6.45) is 6.17. The molecule has 1 saturated heterocycles. The summed E-state index contributed by atoms with van der Waals surface area (Å²) in [4.78, 5) is 17.4. The Morgan fingerprint density at radius 1 is 1.16 bits per heavy atom. The van der Waals surface area contributed by atoms with Crippen LogP contribution in [-0.4, -0.2) is 54.5 Å². The molecule has 1 saturated carbocycles. The average Bonchev–Trinajstić information content (AvgIpc) is 2.59. The smallest absolute Gasteiger partial charge is 0.234 e. The summed E-state index contributed by atoms with van der Waals surface area (Å²) in [5.41, 5.74) is 1.30. The predicted molar refractivity (Wildman–Crippen MR) is 102 cm³/mol. The van der Waals surface area contributed by atoms with Gasteiger partial charge in [-0.1, -0.05) is 43.7 Å². The summed E-state index contributed by atoms with van der Waals surface area (Å²) in [6, 6.07) is 10.9. The van der Waals surface area contributed by atoms with Crippen molar-refractivity contribution < 1.29 is 4.79 Å². The van der Waals surface area contributed by atoms with Crippen molar-refractivity contribution in [3.63, 3.8) is 0 Å². The van der Waals surface area contributed by atoms with Crippen LogP contribution in [0.1, 0.15) is 44.6 Å². The molecule has 0 spiro atoms. The maximum absolute atomic E-state index is 12.6. The van der Waals surface area contributed by atoms with Crippen molar-refractivity contribution in [3.8, 4) is 0 Å². The van der Waals surface area contributed by atoms with Crippen LogP contribution < -0.4 is 5.32 Å². The fourth-order valence-corrected chi connectivity index (χ4v) is 3.94. The zero-order valence-corrected chi connectivity index (χ0v) is 15.6. The van der Waals surface area contributed by atoms with Crippen molar-refractivity contribution in [2.45, 2.75) is 51.6 Å². The summed E-state index contributed by atoms with van der Waals surface area (Å²) in [6.45, 7) is 8.00. The Morgan fingerprint density at radius 2 is 1.88 bits per heavy atom. The van der Waals surface area contributed by atoms with Crippen LogP contribution >= 0.6 is 0 Å². The van der Waals surface area contributed by atoms with Crippen LogP contribution in [0.3, 0.4) is 0 Å². The summed E-state index contributed by atoms with van der Waals surface area (Å²) in [5, 5.41) is 3.28. The van der Waals surface area contributed by atoms with Crippen LogP contribution in [0.2, 0.25) is 0 Å². The van der Waals surface area contributed by atoms with E-state index in [0.29, 0.717) is 12.6 Å². The lowest BCUT2D eigenvalue weighted by Crippen LogP contribution is -2.48. The van der Waals surface area contributed by atoms with Crippen LogP contribution in [0.5, 0.6) is 0 Å². The van der Waals surface area contributed by atoms with Gasteiger partial charge in [0.05, 0.1) is 6.54 Å². The highest BCUT2D eigenvalue weighted by molar-refractivity contribution is 5.78. The van der Waals surface area contributed by atoms with Crippen LogP contribution in [0.25, 0.3) is 0 Å². The van der Waals surface area contributed by atoms with Gasteiger partial charge in [0.1, 0.15) is 0 Å². The number of hydrogen-bond donors (Lipinski definition) is 1. The van der Waals surface area contributed by atoms with E-state index < -0.39 is 0 Å². The second kappa shape index (κ2) is 9.35. The van der Waals surface area contributed by atoms with Crippen molar-refractivity contribution in [3.05, 3.63) is 35.9 Å². The first-order chi connectivity index (χ1) is 12.2. The van der Waals surface area contributed by atoms with Gasteiger partial charge in [0.15, 0.2) is 0 Å². The molecule has 0 radical (unpaired) electrons. The molecule has 1 aromatic carbocycles. The molecule has 4 heteroatoms. The van der Waals surface area contributed by atoms with E-state index in [1.54, 1.807) is 0 Å². The number of amides is 1. The molecule has 138 valence electrons. The van der Waals surface area contributed by atoms with E-state index in [2.05, 4.69) is 52.4 Å². The Bertz CT molecular complexity index is 521. The Hall–Kier alpha value is -1.39. The fraction of sp³-hybridized carbons (Fsp3) is 0.667. The SMILES string of the molecule is CCN1CCC(NC(=O)CN(Cc2ccccc2)CC2CCC2)CC1. The van der Waals surface area contributed by atoms with Gasteiger partial charge in [0.2, 0.25) is 5.91 Å². The van der Waals surface area contributed by atoms with E-state index >= 15 is 0 Å². The lowest BCUT2D eigenvalue weighted by Gasteiger charge is -2.34. The molecule has 0 atom stereocenters. The number of nitrogens with zero attached hydrogens (tertiary/aromatic N) is 2. The number of benzene rings is 1. The minimum Gasteiger partial charge on any atom is -0.352 e. The van der Waals surface area contributed by atoms with E-state index in [4.69, 9.17) is 0 Å². The molecule has 0 aromatic heterocycles. The number of nitrogens with one attached hydrogen (secondary N) is 1. The third kappa shape index (κ3) is 5.82. The number of hydrogen-bond acceptors (Lipinski definition) is 3. The van der Waals surface area contributed by atoms with E-state index in [-0.39, 0.29) is 5.91 Å². The molecule has 0 bridgehead atoms. The first kappa shape index (κ1) is 18.4. The Kier molecular flexibility index (Phi) is 6.88. The van der Waals surface area contributed by atoms with Gasteiger partial charge in [0, 0.05) is 32.2 Å². The Balaban J connectivity index is 1.49. The van der Waals surface area contributed by atoms with Gasteiger partial charge in [0.25, 0.3) is 0 Å². The number of rotatable bonds is 8. The molecule has 1 heterocycles. The van der Waals surface area contributed by atoms with E-state index in [9.17, 15) is 4.79 Å². The van der Waals surface area contributed by atoms with Gasteiger partial charge >= 0.3 is 0 Å². The minimum absolute atomic E-state index is 0.199. The predicted octanol–water partition coefficient (Wildman–Crippen LogP) is 2.89. The molecule has 0 unspecified atom stereocenters. The number of carbonyl (C=O) groups is 1. The monoisotopic (exact) mass is 343 g/mol. The first-order valence-electron chi connectivity index (χ1n) is 10.0. The van der Waals surface area contributed by atoms with Crippen molar-refractivity contribution in [2.75, 3.05) is 32.7 Å². The standard InChI is InChI=1S/C21H33N3O/c1-2-23-13-11-20(12-14-23)22-21(25)17-24(16-19-9-6-10-19)15-18-7-4-3-5-8-18/h3-5,7-8,19-20H,2,6,9-17H2,1H3,(H,22,25). The molecule has 1 aromatic rings. The zero-order valence-electron chi connectivity index (χ0n) is 15.6. The van der Waals surface area contributed by atoms with Gasteiger partial charge in [-0.2, -0.15) is 0 Å². The van der Waals surface area contributed by atoms with Crippen LogP contribution in [0.15, 0.2) is 30.3 Å². The molecular weight excluding hydrogens is 310 g/mol. The number of piperidine rings is 1. The molecule has 1 aliphatic heterocycles. The topological polar surface area (TPSA) is 35.6 Å². The third-order valence-electron chi connectivity index (χ3n) is 5.76. The average molecular weight is 344 g/mol. The minimum atomic E-state index is 0.199. The quantitative estimate of drug-likeness (QED) is 0.788. The zero-order chi connectivity index (χ0) is 17.5. The fourth-order valence-electron chi connectivity index (χ4n) is 3.94. The van der Waals surface area contributed by atoms with Crippen molar-refractivity contribution in [1.29, 1.82) is 0 Å². The van der Waals surface area contributed by atoms with Crippen molar-refractivity contribution >= 4 is 5.91 Å². The molecule has 1 N–H and O–H groups in total. The van der Waals surface area contributed by atoms with Gasteiger partial charge in [-0.15, -0.1) is 0 Å². The van der Waals surface area contributed by atoms with Gasteiger partial charge in [-0.3, -0.25) is 9.69 Å². The maximum atomic E-state index is 12.6. The Labute approximate surface area is 152 Å². The molecule has 1 aliphatic carbocycles. The highest BCUT2D eigenvalue weighted by Gasteiger charge is 2.24. The van der Waals surface area contributed by atoms with Gasteiger partial charge < -0.3 is 10.2 Å². The van der Waals surface area contributed by atoms with Crippen LogP contribution in [-0.2, 0) is 11.3 Å². The van der Waals surface area contributed by atoms with Crippen molar-refractivity contribution in [2.24, 2.45) is 5.92 Å². The molecule has 3 rings (SSSR count). The first-order valence-corrected chi connectivity index (χ1v) is 10.0. The molecule has 25 heavy (non-hydrogen) atoms. The van der Waals surface area contributed by atoms with E-state index in [1.807, 2.05) is 0 Å². The Morgan fingerprint density at radius 3 is 2.48 bits per heavy atom. The lowest BCUT2D eigenvalue weighted by molar-refractivity contribution is -0.123. The molecule has 2 aliphatic rings. The summed E-state index contributed by atoms with van der Waals surface area (Å²) in [7, 11) is 0. The normalized spacial score (nSPS) is 19.8. The molecular formula is C21H33N3O. The van der Waals surface area contributed by atoms with E-state index in [0.717, 1.165) is 51.5 Å². The van der Waals surface area contributed by atoms with E-state index in [1.165, 1.54) is 24.8 Å². The number of likely N-dealkylation sites (tertiary alicyclic amines) is 1. The second-order valence-electron chi connectivity index (χ2n) is 7.73. The molecule has 4 nitrogen and oxygen atoms in total. The highest BCUT2D eigenvalue weighted by Crippen LogP contribution is 2.27. The highest BCUT2D eigenvalue weighted by atomic mass is 16.2. The summed E-state index contributed by atoms with van der Waals surface area (Å²) < 4.78 is 0. The largest absolute Gasteiger partial charge is 0.352 e. The maximum Gasteiger partial charge on any atom is 0.234 e. The second-order valence-corrected chi connectivity index (χ2v) is 7.73. The summed E-state index contributed by atoms with van der Waals surface area (Å²) in [5.74, 6) is 0.981. The number of carbonyl (C=O) groups excluding carboxylic acids is 1. The van der Waals surface area contributed by atoms with Gasteiger partial charge in [-0.05, 0) is 43.7 Å². The lowest BCUT2D eigenvalue weighted by atomic mass is 9.85. The van der Waals surface area contributed by atoms with Crippen LogP contribution in [0, 0.1) is 5.92 Å².